The predicted octanol–water partition coefficient (Wildman–Crippen LogP) is 9.73. The first-order chi connectivity index (χ1) is 20.8. The molecule has 0 radical (unpaired) electrons. The van der Waals surface area contributed by atoms with E-state index < -0.39 is 0 Å². The molecule has 4 aromatic rings. The van der Waals surface area contributed by atoms with Crippen LogP contribution in [0.25, 0.3) is 6.08 Å². The van der Waals surface area contributed by atoms with Gasteiger partial charge in [0.1, 0.15) is 6.61 Å². The van der Waals surface area contributed by atoms with Crippen LogP contribution in [-0.2, 0) is 17.8 Å². The van der Waals surface area contributed by atoms with E-state index in [-0.39, 0.29) is 5.91 Å². The van der Waals surface area contributed by atoms with E-state index in [1.165, 1.54) is 11.8 Å². The normalized spacial score (nSPS) is 14.9. The number of anilines is 1. The lowest BCUT2D eigenvalue weighted by Crippen LogP contribution is -2.28. The van der Waals surface area contributed by atoms with Crippen molar-refractivity contribution in [2.75, 3.05) is 12.0 Å². The standard InChI is InChI=1S/C35H30Cl2N2O3S/c1-5-9-26-16-25(17-31(41-4)33(26)42-21-24-10-7-6-8-11-24)18-32-34(40)39(28-15-13-23(3)30(37)20-28)35(43-32)38-27-14-12-22(2)29(36)19-27/h5-8,10-20H,1,9,21H2,2-4H3/b32-18+,38-35?. The summed E-state index contributed by atoms with van der Waals surface area (Å²) in [6, 6.07) is 24.9. The summed E-state index contributed by atoms with van der Waals surface area (Å²) >= 11 is 14.1. The van der Waals surface area contributed by atoms with Gasteiger partial charge < -0.3 is 9.47 Å². The van der Waals surface area contributed by atoms with E-state index in [0.29, 0.717) is 56.0 Å². The number of allylic oxidation sites excluding steroid dienone is 1. The average molecular weight is 630 g/mol. The number of halogens is 2. The molecule has 0 atom stereocenters. The fourth-order valence-corrected chi connectivity index (χ4v) is 5.88. The van der Waals surface area contributed by atoms with Crippen LogP contribution in [-0.4, -0.2) is 18.2 Å². The van der Waals surface area contributed by atoms with E-state index >= 15 is 0 Å². The van der Waals surface area contributed by atoms with E-state index in [9.17, 15) is 4.79 Å². The number of aryl methyl sites for hydroxylation is 2. The highest BCUT2D eigenvalue weighted by molar-refractivity contribution is 8.19. The van der Waals surface area contributed by atoms with Gasteiger partial charge in [0.25, 0.3) is 5.91 Å². The van der Waals surface area contributed by atoms with Crippen LogP contribution in [0.1, 0.15) is 27.8 Å². The summed E-state index contributed by atoms with van der Waals surface area (Å²) in [5.74, 6) is 1.01. The number of ether oxygens (including phenoxy) is 2. The van der Waals surface area contributed by atoms with Gasteiger partial charge in [0.2, 0.25) is 0 Å². The molecule has 5 nitrogen and oxygen atoms in total. The molecule has 1 fully saturated rings. The maximum absolute atomic E-state index is 13.9. The average Bonchev–Trinajstić information content (AvgIpc) is 3.30. The van der Waals surface area contributed by atoms with E-state index in [4.69, 9.17) is 37.7 Å². The number of hydrogen-bond donors (Lipinski definition) is 0. The lowest BCUT2D eigenvalue weighted by molar-refractivity contribution is -0.113. The molecule has 8 heteroatoms. The second kappa shape index (κ2) is 13.6. The Balaban J connectivity index is 1.54. The molecule has 0 N–H and O–H groups in total. The van der Waals surface area contributed by atoms with Crippen molar-refractivity contribution in [3.05, 3.63) is 134 Å². The van der Waals surface area contributed by atoms with Crippen molar-refractivity contribution in [1.82, 2.24) is 0 Å². The zero-order valence-electron chi connectivity index (χ0n) is 24.1. The highest BCUT2D eigenvalue weighted by atomic mass is 35.5. The molecule has 1 aliphatic rings. The Morgan fingerprint density at radius 3 is 2.35 bits per heavy atom. The first-order valence-electron chi connectivity index (χ1n) is 13.6. The predicted molar refractivity (Wildman–Crippen MR) is 180 cm³/mol. The molecule has 1 saturated heterocycles. The fraction of sp³-hybridized carbons (Fsp3) is 0.143. The Kier molecular flexibility index (Phi) is 9.61. The molecular weight excluding hydrogens is 599 g/mol. The van der Waals surface area contributed by atoms with Gasteiger partial charge in [0.15, 0.2) is 16.7 Å². The van der Waals surface area contributed by atoms with Gasteiger partial charge in [-0.25, -0.2) is 4.99 Å². The zero-order valence-corrected chi connectivity index (χ0v) is 26.4. The third-order valence-electron chi connectivity index (χ3n) is 6.86. The Morgan fingerprint density at radius 1 is 0.953 bits per heavy atom. The number of aliphatic imine (C=N–C) groups is 1. The Hall–Kier alpha value is -3.97. The second-order valence-corrected chi connectivity index (χ2v) is 11.8. The fourth-order valence-electron chi connectivity index (χ4n) is 4.53. The van der Waals surface area contributed by atoms with Gasteiger partial charge in [-0.2, -0.15) is 0 Å². The molecule has 0 aliphatic carbocycles. The minimum absolute atomic E-state index is 0.212. The van der Waals surface area contributed by atoms with Gasteiger partial charge in [0, 0.05) is 15.6 Å². The number of benzene rings is 4. The van der Waals surface area contributed by atoms with Gasteiger partial charge in [-0.1, -0.05) is 71.7 Å². The number of nitrogens with zero attached hydrogens (tertiary/aromatic N) is 2. The maximum Gasteiger partial charge on any atom is 0.271 e. The highest BCUT2D eigenvalue weighted by Crippen LogP contribution is 2.41. The number of thioether (sulfide) groups is 1. The number of amidine groups is 1. The Morgan fingerprint density at radius 2 is 1.67 bits per heavy atom. The van der Waals surface area contributed by atoms with Crippen LogP contribution in [0.3, 0.4) is 0 Å². The van der Waals surface area contributed by atoms with Crippen LogP contribution in [0.4, 0.5) is 11.4 Å². The Labute approximate surface area is 266 Å². The molecule has 1 aliphatic heterocycles. The van der Waals surface area contributed by atoms with E-state index in [1.807, 2.05) is 92.7 Å². The van der Waals surface area contributed by atoms with Crippen molar-refractivity contribution in [2.24, 2.45) is 4.99 Å². The lowest BCUT2D eigenvalue weighted by Gasteiger charge is -2.17. The smallest absolute Gasteiger partial charge is 0.271 e. The molecule has 0 unspecified atom stereocenters. The van der Waals surface area contributed by atoms with Crippen molar-refractivity contribution in [3.63, 3.8) is 0 Å². The summed E-state index contributed by atoms with van der Waals surface area (Å²) in [6.07, 6.45) is 4.22. The molecule has 1 amide bonds. The summed E-state index contributed by atoms with van der Waals surface area (Å²) in [6.45, 7) is 8.17. The maximum atomic E-state index is 13.9. The number of methoxy groups -OCH3 is 1. The van der Waals surface area contributed by atoms with Crippen molar-refractivity contribution in [2.45, 2.75) is 26.9 Å². The molecule has 0 bridgehead atoms. The number of hydrogen-bond acceptors (Lipinski definition) is 5. The minimum Gasteiger partial charge on any atom is -0.493 e. The van der Waals surface area contributed by atoms with E-state index in [2.05, 4.69) is 6.58 Å². The molecule has 43 heavy (non-hydrogen) atoms. The summed E-state index contributed by atoms with van der Waals surface area (Å²) in [7, 11) is 1.61. The second-order valence-electron chi connectivity index (χ2n) is 9.99. The molecule has 4 aromatic carbocycles. The monoisotopic (exact) mass is 628 g/mol. The van der Waals surface area contributed by atoms with Gasteiger partial charge in [-0.3, -0.25) is 9.69 Å². The number of amides is 1. The van der Waals surface area contributed by atoms with Crippen molar-refractivity contribution in [3.8, 4) is 11.5 Å². The first-order valence-corrected chi connectivity index (χ1v) is 15.2. The quantitative estimate of drug-likeness (QED) is 0.137. The molecule has 0 spiro atoms. The third-order valence-corrected chi connectivity index (χ3v) is 8.65. The van der Waals surface area contributed by atoms with Gasteiger partial charge in [-0.05, 0) is 96.8 Å². The van der Waals surface area contributed by atoms with Crippen LogP contribution < -0.4 is 14.4 Å². The summed E-state index contributed by atoms with van der Waals surface area (Å²) in [5.41, 5.74) is 5.88. The van der Waals surface area contributed by atoms with Crippen LogP contribution in [0.2, 0.25) is 10.0 Å². The zero-order chi connectivity index (χ0) is 30.5. The number of rotatable bonds is 9. The van der Waals surface area contributed by atoms with Gasteiger partial charge >= 0.3 is 0 Å². The molecule has 0 aromatic heterocycles. The largest absolute Gasteiger partial charge is 0.493 e. The lowest BCUT2D eigenvalue weighted by atomic mass is 10.0. The topological polar surface area (TPSA) is 51.1 Å². The number of carbonyl (C=O) groups is 1. The van der Waals surface area contributed by atoms with E-state index in [1.54, 1.807) is 24.1 Å². The van der Waals surface area contributed by atoms with Crippen LogP contribution >= 0.6 is 35.0 Å². The van der Waals surface area contributed by atoms with Crippen LogP contribution in [0.5, 0.6) is 11.5 Å². The summed E-state index contributed by atoms with van der Waals surface area (Å²) in [5, 5.41) is 1.67. The van der Waals surface area contributed by atoms with Crippen molar-refractivity contribution >= 4 is 63.5 Å². The van der Waals surface area contributed by atoms with E-state index in [0.717, 1.165) is 27.8 Å². The third kappa shape index (κ3) is 6.99. The molecule has 218 valence electrons. The molecule has 5 rings (SSSR count). The minimum atomic E-state index is -0.212. The first kappa shape index (κ1) is 30.5. The van der Waals surface area contributed by atoms with Crippen molar-refractivity contribution < 1.29 is 14.3 Å². The van der Waals surface area contributed by atoms with Crippen LogP contribution in [0.15, 0.2) is 101 Å². The summed E-state index contributed by atoms with van der Waals surface area (Å²) < 4.78 is 12.0. The molecular formula is C35H30Cl2N2O3S. The summed E-state index contributed by atoms with van der Waals surface area (Å²) in [4.78, 5) is 20.8. The van der Waals surface area contributed by atoms with Gasteiger partial charge in [-0.15, -0.1) is 6.58 Å². The molecule has 0 saturated carbocycles. The molecule has 1 heterocycles. The highest BCUT2D eigenvalue weighted by Gasteiger charge is 2.35. The van der Waals surface area contributed by atoms with Gasteiger partial charge in [0.05, 0.1) is 23.4 Å². The number of carbonyl (C=O) groups excluding carboxylic acids is 1. The Bertz CT molecular complexity index is 1750. The SMILES string of the molecule is C=CCc1cc(/C=C2/SC(=Nc3ccc(C)c(Cl)c3)N(c3ccc(C)c(Cl)c3)C2=O)cc(OC)c1OCc1ccccc1. The van der Waals surface area contributed by atoms with Crippen molar-refractivity contribution in [1.29, 1.82) is 0 Å². The van der Waals surface area contributed by atoms with Crippen LogP contribution in [0, 0.1) is 13.8 Å².